The Labute approximate surface area is 186 Å². The van der Waals surface area contributed by atoms with Gasteiger partial charge >= 0.3 is 0 Å². The van der Waals surface area contributed by atoms with E-state index < -0.39 is 9.84 Å². The lowest BCUT2D eigenvalue weighted by Gasteiger charge is -2.16. The molecule has 0 amide bonds. The molecule has 0 radical (unpaired) electrons. The number of halogens is 1. The number of thioether (sulfide) groups is 1. The summed E-state index contributed by atoms with van der Waals surface area (Å²) >= 11 is 1.15. The van der Waals surface area contributed by atoms with Gasteiger partial charge in [0.15, 0.2) is 4.91 Å². The van der Waals surface area contributed by atoms with Gasteiger partial charge < -0.3 is 5.32 Å². The normalized spacial score (nSPS) is 12.1. The Bertz CT molecular complexity index is 1260. The maximum Gasteiger partial charge on any atom is 0.219 e. The fourth-order valence-corrected chi connectivity index (χ4v) is 5.49. The molecule has 0 aromatic heterocycles. The van der Waals surface area contributed by atoms with Crippen LogP contribution in [-0.2, 0) is 15.6 Å². The van der Waals surface area contributed by atoms with Gasteiger partial charge in [0.25, 0.3) is 0 Å². The highest BCUT2D eigenvalue weighted by atomic mass is 32.2. The number of sulfone groups is 1. The average Bonchev–Trinajstić information content (AvgIpc) is 2.74. The van der Waals surface area contributed by atoms with Gasteiger partial charge in [-0.15, -0.1) is 11.8 Å². The van der Waals surface area contributed by atoms with Crippen LogP contribution >= 0.6 is 11.8 Å². The molecule has 0 saturated heterocycles. The Balaban J connectivity index is 2.07. The largest absolute Gasteiger partial charge is 0.348 e. The third-order valence-electron chi connectivity index (χ3n) is 4.53. The summed E-state index contributed by atoms with van der Waals surface area (Å²) in [6.45, 7) is 3.87. The topological polar surface area (TPSA) is 70.0 Å². The van der Waals surface area contributed by atoms with E-state index in [4.69, 9.17) is 0 Å². The number of rotatable bonds is 7. The van der Waals surface area contributed by atoms with Crippen molar-refractivity contribution in [2.75, 3.05) is 5.32 Å². The predicted octanol–water partition coefficient (Wildman–Crippen LogP) is 5.95. The number of allylic oxidation sites excluding steroid dienone is 1. The summed E-state index contributed by atoms with van der Waals surface area (Å²) in [5, 5.41) is 13.2. The molecule has 0 aliphatic heterocycles. The summed E-state index contributed by atoms with van der Waals surface area (Å²) in [4.78, 5) is -0.335. The van der Waals surface area contributed by atoms with Gasteiger partial charge in [0, 0.05) is 11.4 Å². The minimum atomic E-state index is -4.04. The quantitative estimate of drug-likeness (QED) is 0.448. The fourth-order valence-electron chi connectivity index (χ4n) is 2.97. The Morgan fingerprint density at radius 3 is 2.42 bits per heavy atom. The van der Waals surface area contributed by atoms with E-state index in [1.54, 1.807) is 30.3 Å². The van der Waals surface area contributed by atoms with Crippen molar-refractivity contribution in [3.8, 4) is 6.07 Å². The summed E-state index contributed by atoms with van der Waals surface area (Å²) in [5.74, 6) is -0.0797. The third-order valence-corrected chi connectivity index (χ3v) is 7.46. The van der Waals surface area contributed by atoms with Crippen LogP contribution in [0.25, 0.3) is 0 Å². The molecule has 0 atom stereocenters. The summed E-state index contributed by atoms with van der Waals surface area (Å²) < 4.78 is 40.0. The van der Waals surface area contributed by atoms with E-state index in [0.717, 1.165) is 22.9 Å². The Morgan fingerprint density at radius 2 is 1.77 bits per heavy atom. The molecule has 0 aliphatic carbocycles. The van der Waals surface area contributed by atoms with E-state index in [0.29, 0.717) is 17.0 Å². The first-order valence-electron chi connectivity index (χ1n) is 9.47. The van der Waals surface area contributed by atoms with Crippen LogP contribution in [0.2, 0.25) is 0 Å². The molecule has 0 saturated carbocycles. The fraction of sp³-hybridized carbons (Fsp3) is 0.125. The maximum atomic E-state index is 13.6. The van der Waals surface area contributed by atoms with Crippen molar-refractivity contribution < 1.29 is 12.8 Å². The zero-order valence-electron chi connectivity index (χ0n) is 17.1. The molecule has 31 heavy (non-hydrogen) atoms. The lowest BCUT2D eigenvalue weighted by atomic mass is 10.1. The van der Waals surface area contributed by atoms with Gasteiger partial charge in [0.05, 0.1) is 4.90 Å². The smallest absolute Gasteiger partial charge is 0.219 e. The molecule has 7 heteroatoms. The van der Waals surface area contributed by atoms with E-state index in [9.17, 15) is 18.1 Å². The molecule has 1 N–H and O–H groups in total. The summed E-state index contributed by atoms with van der Waals surface area (Å²) in [6.07, 6.45) is 0. The molecule has 3 rings (SSSR count). The highest BCUT2D eigenvalue weighted by Crippen LogP contribution is 2.32. The number of benzene rings is 3. The van der Waals surface area contributed by atoms with E-state index in [1.807, 2.05) is 38.1 Å². The molecule has 0 bridgehead atoms. The third kappa shape index (κ3) is 5.54. The van der Waals surface area contributed by atoms with E-state index in [-0.39, 0.29) is 20.6 Å². The van der Waals surface area contributed by atoms with Crippen LogP contribution in [0.5, 0.6) is 0 Å². The Kier molecular flexibility index (Phi) is 7.16. The van der Waals surface area contributed by atoms with Crippen molar-refractivity contribution in [1.82, 2.24) is 0 Å². The maximum absolute atomic E-state index is 13.6. The lowest BCUT2D eigenvalue weighted by Crippen LogP contribution is -2.11. The van der Waals surface area contributed by atoms with Crippen molar-refractivity contribution >= 4 is 27.3 Å². The van der Waals surface area contributed by atoms with E-state index >= 15 is 0 Å². The minimum Gasteiger partial charge on any atom is -0.348 e. The molecular formula is C24H21FN2O2S2. The molecule has 3 aromatic carbocycles. The van der Waals surface area contributed by atoms with Crippen LogP contribution in [0.3, 0.4) is 0 Å². The van der Waals surface area contributed by atoms with Gasteiger partial charge in [-0.05, 0) is 55.3 Å². The standard InChI is InChI=1S/C24H21FN2O2S2/c1-17-11-12-22(18(2)13-17)27-24(30-16-19-7-6-8-20(25)14-19)23(15-26)31(28,29)21-9-4-3-5-10-21/h3-14,27H,16H2,1-2H3. The summed E-state index contributed by atoms with van der Waals surface area (Å²) in [6, 6.07) is 21.5. The number of hydrogen-bond acceptors (Lipinski definition) is 5. The summed E-state index contributed by atoms with van der Waals surface area (Å²) in [5.41, 5.74) is 3.36. The van der Waals surface area contributed by atoms with Gasteiger partial charge in [0.1, 0.15) is 16.9 Å². The number of aryl methyl sites for hydroxylation is 2. The van der Waals surface area contributed by atoms with Crippen LogP contribution in [0.1, 0.15) is 16.7 Å². The zero-order valence-corrected chi connectivity index (χ0v) is 18.7. The second kappa shape index (κ2) is 9.82. The highest BCUT2D eigenvalue weighted by Gasteiger charge is 2.25. The molecular weight excluding hydrogens is 431 g/mol. The van der Waals surface area contributed by atoms with Crippen molar-refractivity contribution in [3.05, 3.63) is 105 Å². The molecule has 0 spiro atoms. The van der Waals surface area contributed by atoms with Gasteiger partial charge in [-0.3, -0.25) is 0 Å². The zero-order chi connectivity index (χ0) is 22.4. The first kappa shape index (κ1) is 22.6. The average molecular weight is 453 g/mol. The molecule has 158 valence electrons. The van der Waals surface area contributed by atoms with Crippen LogP contribution in [0.15, 0.2) is 87.6 Å². The lowest BCUT2D eigenvalue weighted by molar-refractivity contribution is 0.603. The van der Waals surface area contributed by atoms with Gasteiger partial charge in [-0.2, -0.15) is 5.26 Å². The first-order chi connectivity index (χ1) is 14.8. The second-order valence-corrected chi connectivity index (χ2v) is 9.82. The number of nitriles is 1. The van der Waals surface area contributed by atoms with Crippen LogP contribution in [-0.4, -0.2) is 8.42 Å². The molecule has 0 aliphatic rings. The van der Waals surface area contributed by atoms with Gasteiger partial charge in [-0.25, -0.2) is 12.8 Å². The van der Waals surface area contributed by atoms with Crippen LogP contribution in [0.4, 0.5) is 10.1 Å². The van der Waals surface area contributed by atoms with Crippen LogP contribution < -0.4 is 5.32 Å². The minimum absolute atomic E-state index is 0.0397. The number of nitrogens with zero attached hydrogens (tertiary/aromatic N) is 1. The van der Waals surface area contributed by atoms with E-state index in [1.165, 1.54) is 24.3 Å². The Morgan fingerprint density at radius 1 is 1.03 bits per heavy atom. The Hall–Kier alpha value is -3.08. The molecule has 0 fully saturated rings. The molecule has 0 heterocycles. The second-order valence-electron chi connectivity index (χ2n) is 6.95. The monoisotopic (exact) mass is 452 g/mol. The molecule has 0 unspecified atom stereocenters. The van der Waals surface area contributed by atoms with Crippen molar-refractivity contribution in [3.63, 3.8) is 0 Å². The van der Waals surface area contributed by atoms with Crippen molar-refractivity contribution in [2.45, 2.75) is 24.5 Å². The molecule has 4 nitrogen and oxygen atoms in total. The predicted molar refractivity (Wildman–Crippen MR) is 124 cm³/mol. The number of anilines is 1. The molecule has 3 aromatic rings. The van der Waals surface area contributed by atoms with E-state index in [2.05, 4.69) is 5.32 Å². The van der Waals surface area contributed by atoms with Gasteiger partial charge in [0.2, 0.25) is 9.84 Å². The number of hydrogen-bond donors (Lipinski definition) is 1. The van der Waals surface area contributed by atoms with Gasteiger partial charge in [-0.1, -0.05) is 48.0 Å². The highest BCUT2D eigenvalue weighted by molar-refractivity contribution is 8.04. The number of nitrogens with one attached hydrogen (secondary N) is 1. The summed E-state index contributed by atoms with van der Waals surface area (Å²) in [7, 11) is -4.04. The van der Waals surface area contributed by atoms with Crippen molar-refractivity contribution in [1.29, 1.82) is 5.26 Å². The first-order valence-corrected chi connectivity index (χ1v) is 11.9. The SMILES string of the molecule is Cc1ccc(NC(SCc2cccc(F)c2)=C(C#N)S(=O)(=O)c2ccccc2)c(C)c1. The van der Waals surface area contributed by atoms with Crippen molar-refractivity contribution in [2.24, 2.45) is 0 Å². The van der Waals surface area contributed by atoms with Crippen LogP contribution in [0, 0.1) is 31.0 Å².